The molecule has 0 unspecified atom stereocenters. The average Bonchev–Trinajstić information content (AvgIpc) is 3.10. The first-order chi connectivity index (χ1) is 13.0. The lowest BCUT2D eigenvalue weighted by atomic mass is 10.1. The molecule has 4 rings (SSSR count). The SMILES string of the molecule is O=[N+]([O-])c1ccc(-c2cc3c(Nc4ccc(F)c(Cl)c4)ncnc3s2)cc1. The summed E-state index contributed by atoms with van der Waals surface area (Å²) in [6.45, 7) is 0. The van der Waals surface area contributed by atoms with Crippen LogP contribution in [0, 0.1) is 15.9 Å². The van der Waals surface area contributed by atoms with Crippen molar-refractivity contribution in [2.24, 2.45) is 0 Å². The van der Waals surface area contributed by atoms with Crippen LogP contribution in [0.15, 0.2) is 54.9 Å². The van der Waals surface area contributed by atoms with Gasteiger partial charge < -0.3 is 5.32 Å². The minimum Gasteiger partial charge on any atom is -0.340 e. The molecule has 0 aliphatic carbocycles. The van der Waals surface area contributed by atoms with Crippen molar-refractivity contribution in [3.63, 3.8) is 0 Å². The molecule has 27 heavy (non-hydrogen) atoms. The van der Waals surface area contributed by atoms with E-state index in [1.54, 1.807) is 18.2 Å². The summed E-state index contributed by atoms with van der Waals surface area (Å²) in [5.41, 5.74) is 1.49. The van der Waals surface area contributed by atoms with E-state index in [9.17, 15) is 14.5 Å². The smallest absolute Gasteiger partial charge is 0.269 e. The van der Waals surface area contributed by atoms with Crippen molar-refractivity contribution < 1.29 is 9.31 Å². The molecule has 4 aromatic rings. The van der Waals surface area contributed by atoms with Gasteiger partial charge in [-0.3, -0.25) is 10.1 Å². The summed E-state index contributed by atoms with van der Waals surface area (Å²) in [6.07, 6.45) is 1.44. The van der Waals surface area contributed by atoms with E-state index in [-0.39, 0.29) is 10.7 Å². The van der Waals surface area contributed by atoms with Crippen LogP contribution >= 0.6 is 22.9 Å². The average molecular weight is 401 g/mol. The third-order valence-electron chi connectivity index (χ3n) is 3.87. The van der Waals surface area contributed by atoms with Crippen LogP contribution in [0.25, 0.3) is 20.7 Å². The van der Waals surface area contributed by atoms with E-state index in [0.29, 0.717) is 11.5 Å². The van der Waals surface area contributed by atoms with Crippen molar-refractivity contribution in [2.75, 3.05) is 5.32 Å². The molecule has 0 atom stereocenters. The Morgan fingerprint density at radius 3 is 2.59 bits per heavy atom. The number of fused-ring (bicyclic) bond motifs is 1. The number of aromatic nitrogens is 2. The van der Waals surface area contributed by atoms with E-state index < -0.39 is 10.7 Å². The summed E-state index contributed by atoms with van der Waals surface area (Å²) < 4.78 is 13.3. The second kappa shape index (κ2) is 6.90. The van der Waals surface area contributed by atoms with Gasteiger partial charge >= 0.3 is 0 Å². The maximum absolute atomic E-state index is 13.3. The van der Waals surface area contributed by atoms with Crippen LogP contribution in [0.1, 0.15) is 0 Å². The summed E-state index contributed by atoms with van der Waals surface area (Å²) in [6, 6.07) is 12.6. The predicted molar refractivity (Wildman–Crippen MR) is 104 cm³/mol. The van der Waals surface area contributed by atoms with Gasteiger partial charge in [0.25, 0.3) is 5.69 Å². The number of benzene rings is 2. The first kappa shape index (κ1) is 17.3. The molecular formula is C18H10ClFN4O2S. The highest BCUT2D eigenvalue weighted by molar-refractivity contribution is 7.21. The van der Waals surface area contributed by atoms with Gasteiger partial charge in [-0.05, 0) is 42.0 Å². The minimum atomic E-state index is -0.494. The number of nitro groups is 1. The topological polar surface area (TPSA) is 81.0 Å². The molecular weight excluding hydrogens is 391 g/mol. The number of nitro benzene ring substituents is 1. The molecule has 0 fully saturated rings. The van der Waals surface area contributed by atoms with Crippen LogP contribution in [0.4, 0.5) is 21.6 Å². The van der Waals surface area contributed by atoms with Gasteiger partial charge in [0.05, 0.1) is 15.3 Å². The van der Waals surface area contributed by atoms with Gasteiger partial charge in [0.15, 0.2) is 0 Å². The van der Waals surface area contributed by atoms with Crippen LogP contribution in [-0.2, 0) is 0 Å². The largest absolute Gasteiger partial charge is 0.340 e. The molecule has 9 heteroatoms. The van der Waals surface area contributed by atoms with E-state index in [1.165, 1.54) is 41.9 Å². The van der Waals surface area contributed by atoms with Gasteiger partial charge in [-0.25, -0.2) is 14.4 Å². The number of hydrogen-bond acceptors (Lipinski definition) is 6. The molecule has 0 aliphatic rings. The highest BCUT2D eigenvalue weighted by Crippen LogP contribution is 2.36. The number of anilines is 2. The lowest BCUT2D eigenvalue weighted by Gasteiger charge is -2.06. The fourth-order valence-electron chi connectivity index (χ4n) is 2.56. The Morgan fingerprint density at radius 2 is 1.89 bits per heavy atom. The molecule has 0 saturated heterocycles. The minimum absolute atomic E-state index is 0.0159. The number of halogens is 2. The number of non-ortho nitro benzene ring substituents is 1. The highest BCUT2D eigenvalue weighted by Gasteiger charge is 2.12. The molecule has 6 nitrogen and oxygen atoms in total. The molecule has 2 aromatic heterocycles. The summed E-state index contributed by atoms with van der Waals surface area (Å²) in [4.78, 5) is 20.6. The Hall–Kier alpha value is -3.10. The van der Waals surface area contributed by atoms with Crippen molar-refractivity contribution in [3.05, 3.63) is 75.8 Å². The third-order valence-corrected chi connectivity index (χ3v) is 5.26. The van der Waals surface area contributed by atoms with Crippen LogP contribution in [0.2, 0.25) is 5.02 Å². The lowest BCUT2D eigenvalue weighted by Crippen LogP contribution is -1.95. The van der Waals surface area contributed by atoms with Crippen molar-refractivity contribution in [1.29, 1.82) is 0 Å². The monoisotopic (exact) mass is 400 g/mol. The summed E-state index contributed by atoms with van der Waals surface area (Å²) >= 11 is 7.27. The van der Waals surface area contributed by atoms with E-state index in [4.69, 9.17) is 11.6 Å². The number of thiophene rings is 1. The predicted octanol–water partition coefficient (Wildman–Crippen LogP) is 5.80. The molecule has 0 aliphatic heterocycles. The van der Waals surface area contributed by atoms with Gasteiger partial charge in [0.2, 0.25) is 0 Å². The molecule has 2 heterocycles. The zero-order chi connectivity index (χ0) is 19.0. The van der Waals surface area contributed by atoms with Gasteiger partial charge in [-0.2, -0.15) is 0 Å². The van der Waals surface area contributed by atoms with E-state index >= 15 is 0 Å². The number of nitrogens with one attached hydrogen (secondary N) is 1. The summed E-state index contributed by atoms with van der Waals surface area (Å²) in [5.74, 6) is 0.0677. The molecule has 0 saturated carbocycles. The summed E-state index contributed by atoms with van der Waals surface area (Å²) in [5, 5.41) is 14.7. The molecule has 1 N–H and O–H groups in total. The van der Waals surface area contributed by atoms with E-state index in [1.807, 2.05) is 6.07 Å². The van der Waals surface area contributed by atoms with Crippen molar-refractivity contribution in [3.8, 4) is 10.4 Å². The third kappa shape index (κ3) is 3.44. The Kier molecular flexibility index (Phi) is 4.43. The maximum atomic E-state index is 13.3. The Balaban J connectivity index is 1.71. The fraction of sp³-hybridized carbons (Fsp3) is 0. The fourth-order valence-corrected chi connectivity index (χ4v) is 3.74. The number of hydrogen-bond donors (Lipinski definition) is 1. The van der Waals surface area contributed by atoms with Crippen molar-refractivity contribution in [1.82, 2.24) is 9.97 Å². The van der Waals surface area contributed by atoms with Crippen LogP contribution in [0.5, 0.6) is 0 Å². The Bertz CT molecular complexity index is 1160. The molecule has 134 valence electrons. The van der Waals surface area contributed by atoms with E-state index in [0.717, 1.165) is 20.7 Å². The molecule has 0 radical (unpaired) electrons. The Labute approximate surface area is 161 Å². The van der Waals surface area contributed by atoms with Crippen LogP contribution in [-0.4, -0.2) is 14.9 Å². The molecule has 0 spiro atoms. The van der Waals surface area contributed by atoms with E-state index in [2.05, 4.69) is 15.3 Å². The maximum Gasteiger partial charge on any atom is 0.269 e. The van der Waals surface area contributed by atoms with Gasteiger partial charge in [0.1, 0.15) is 22.8 Å². The zero-order valence-corrected chi connectivity index (χ0v) is 15.1. The lowest BCUT2D eigenvalue weighted by molar-refractivity contribution is -0.384. The number of rotatable bonds is 4. The normalized spacial score (nSPS) is 10.9. The molecule has 0 amide bonds. The van der Waals surface area contributed by atoms with Gasteiger partial charge in [0, 0.05) is 22.7 Å². The first-order valence-corrected chi connectivity index (χ1v) is 8.92. The van der Waals surface area contributed by atoms with Gasteiger partial charge in [-0.1, -0.05) is 11.6 Å². The first-order valence-electron chi connectivity index (χ1n) is 7.73. The molecule has 0 bridgehead atoms. The van der Waals surface area contributed by atoms with Gasteiger partial charge in [-0.15, -0.1) is 11.3 Å². The second-order valence-electron chi connectivity index (χ2n) is 5.61. The van der Waals surface area contributed by atoms with Crippen molar-refractivity contribution in [2.45, 2.75) is 0 Å². The van der Waals surface area contributed by atoms with Crippen molar-refractivity contribution >= 4 is 50.3 Å². The summed E-state index contributed by atoms with van der Waals surface area (Å²) in [7, 11) is 0. The molecule has 2 aromatic carbocycles. The van der Waals surface area contributed by atoms with Crippen LogP contribution < -0.4 is 5.32 Å². The number of nitrogens with zero attached hydrogens (tertiary/aromatic N) is 3. The quantitative estimate of drug-likeness (QED) is 0.345. The standard InChI is InChI=1S/C18H10ClFN4O2S/c19-14-7-11(3-6-15(14)20)23-17-13-8-16(27-18(13)22-9-21-17)10-1-4-12(5-2-10)24(25)26/h1-9H,(H,21,22,23). The Morgan fingerprint density at radius 1 is 1.11 bits per heavy atom. The van der Waals surface area contributed by atoms with Crippen LogP contribution in [0.3, 0.4) is 0 Å². The second-order valence-corrected chi connectivity index (χ2v) is 7.05. The zero-order valence-electron chi connectivity index (χ0n) is 13.5. The highest BCUT2D eigenvalue weighted by atomic mass is 35.5.